The molecule has 4 nitrogen and oxygen atoms in total. The molecule has 2 rings (SSSR count). The van der Waals surface area contributed by atoms with Crippen molar-refractivity contribution in [1.82, 2.24) is 5.32 Å². The Morgan fingerprint density at radius 1 is 1.00 bits per heavy atom. The smallest absolute Gasteiger partial charge is 0.416 e. The third-order valence-electron chi connectivity index (χ3n) is 4.02. The number of benzene rings is 2. The van der Waals surface area contributed by atoms with Crippen LogP contribution in [0.4, 0.5) is 26.3 Å². The first-order valence-corrected chi connectivity index (χ1v) is 8.62. The molecule has 11 heteroatoms. The van der Waals surface area contributed by atoms with E-state index >= 15 is 0 Å². The Balaban J connectivity index is 2.39. The van der Waals surface area contributed by atoms with Crippen LogP contribution in [0.15, 0.2) is 42.5 Å². The SMILES string of the molecule is COC(=O)[C@@H](Cc1ccccc1Cl)NC(=O)c1cc(C(F)(F)F)cc(C(F)(F)F)c1. The molecular weight excluding hydrogens is 440 g/mol. The Hall–Kier alpha value is -2.75. The van der Waals surface area contributed by atoms with Gasteiger partial charge >= 0.3 is 18.3 Å². The van der Waals surface area contributed by atoms with Gasteiger partial charge in [-0.1, -0.05) is 29.8 Å². The van der Waals surface area contributed by atoms with Crippen molar-refractivity contribution in [2.75, 3.05) is 7.11 Å². The van der Waals surface area contributed by atoms with E-state index in [1.54, 1.807) is 12.1 Å². The second-order valence-electron chi connectivity index (χ2n) is 6.14. The van der Waals surface area contributed by atoms with Gasteiger partial charge in [0.15, 0.2) is 0 Å². The third-order valence-corrected chi connectivity index (χ3v) is 4.39. The highest BCUT2D eigenvalue weighted by molar-refractivity contribution is 6.31. The lowest BCUT2D eigenvalue weighted by molar-refractivity contribution is -0.144. The molecule has 2 aromatic carbocycles. The topological polar surface area (TPSA) is 55.4 Å². The van der Waals surface area contributed by atoms with E-state index in [2.05, 4.69) is 10.1 Å². The minimum absolute atomic E-state index is 0.0989. The molecule has 1 N–H and O–H groups in total. The number of nitrogens with one attached hydrogen (secondary N) is 1. The van der Waals surface area contributed by atoms with Crippen molar-refractivity contribution in [2.45, 2.75) is 24.8 Å². The third kappa shape index (κ3) is 5.88. The highest BCUT2D eigenvalue weighted by Gasteiger charge is 2.38. The van der Waals surface area contributed by atoms with Gasteiger partial charge in [0.2, 0.25) is 0 Å². The van der Waals surface area contributed by atoms with Crippen LogP contribution >= 0.6 is 11.6 Å². The number of halogens is 7. The fourth-order valence-electron chi connectivity index (χ4n) is 2.55. The molecule has 0 bridgehead atoms. The maximum absolute atomic E-state index is 13.0. The van der Waals surface area contributed by atoms with Crippen molar-refractivity contribution in [2.24, 2.45) is 0 Å². The number of carbonyl (C=O) groups excluding carboxylic acids is 2. The molecule has 0 aromatic heterocycles. The molecule has 0 spiro atoms. The van der Waals surface area contributed by atoms with Crippen molar-refractivity contribution in [3.05, 3.63) is 69.7 Å². The van der Waals surface area contributed by atoms with Gasteiger partial charge in [0, 0.05) is 17.0 Å². The van der Waals surface area contributed by atoms with Gasteiger partial charge in [-0.2, -0.15) is 26.3 Å². The quantitative estimate of drug-likeness (QED) is 0.518. The van der Waals surface area contributed by atoms with Gasteiger partial charge in [-0.15, -0.1) is 0 Å². The number of ether oxygens (including phenoxy) is 1. The van der Waals surface area contributed by atoms with Crippen LogP contribution in [0.2, 0.25) is 5.02 Å². The predicted molar refractivity (Wildman–Crippen MR) is 94.9 cm³/mol. The van der Waals surface area contributed by atoms with Crippen LogP contribution in [-0.4, -0.2) is 25.0 Å². The van der Waals surface area contributed by atoms with Crippen molar-refractivity contribution < 1.29 is 40.7 Å². The number of alkyl halides is 6. The Morgan fingerprint density at radius 2 is 1.53 bits per heavy atom. The van der Waals surface area contributed by atoms with E-state index in [1.165, 1.54) is 12.1 Å². The van der Waals surface area contributed by atoms with Gasteiger partial charge in [0.05, 0.1) is 18.2 Å². The average molecular weight is 454 g/mol. The molecule has 2 aromatic rings. The fraction of sp³-hybridized carbons (Fsp3) is 0.263. The second kappa shape index (κ2) is 8.95. The summed E-state index contributed by atoms with van der Waals surface area (Å²) in [6, 6.07) is 5.30. The van der Waals surface area contributed by atoms with Crippen molar-refractivity contribution in [1.29, 1.82) is 0 Å². The van der Waals surface area contributed by atoms with Crippen molar-refractivity contribution >= 4 is 23.5 Å². The van der Waals surface area contributed by atoms with E-state index < -0.39 is 47.0 Å². The Labute approximate surface area is 171 Å². The Kier molecular flexibility index (Phi) is 7.02. The molecule has 0 radical (unpaired) electrons. The summed E-state index contributed by atoms with van der Waals surface area (Å²) in [5.41, 5.74) is -3.80. The summed E-state index contributed by atoms with van der Waals surface area (Å²) in [7, 11) is 1.01. The first-order chi connectivity index (χ1) is 13.8. The molecule has 0 saturated heterocycles. The number of hydrogen-bond donors (Lipinski definition) is 1. The largest absolute Gasteiger partial charge is 0.467 e. The first-order valence-electron chi connectivity index (χ1n) is 8.24. The summed E-state index contributed by atoms with van der Waals surface area (Å²) in [5, 5.41) is 2.36. The molecule has 0 aliphatic carbocycles. The van der Waals surface area contributed by atoms with Crippen LogP contribution in [0, 0.1) is 0 Å². The highest BCUT2D eigenvalue weighted by atomic mass is 35.5. The number of carbonyl (C=O) groups is 2. The van der Waals surface area contributed by atoms with Gasteiger partial charge in [-0.3, -0.25) is 4.79 Å². The molecule has 0 unspecified atom stereocenters. The van der Waals surface area contributed by atoms with Crippen LogP contribution in [0.3, 0.4) is 0 Å². The van der Waals surface area contributed by atoms with E-state index in [4.69, 9.17) is 11.6 Å². The number of esters is 1. The van der Waals surface area contributed by atoms with Crippen LogP contribution in [0.25, 0.3) is 0 Å². The van der Waals surface area contributed by atoms with Crippen LogP contribution in [0.1, 0.15) is 27.0 Å². The van der Waals surface area contributed by atoms with E-state index in [9.17, 15) is 35.9 Å². The normalized spacial score (nSPS) is 12.9. The van der Waals surface area contributed by atoms with Crippen LogP contribution in [-0.2, 0) is 28.3 Å². The van der Waals surface area contributed by atoms with Gasteiger partial charge in [-0.05, 0) is 29.8 Å². The number of hydrogen-bond acceptors (Lipinski definition) is 3. The van der Waals surface area contributed by atoms with Crippen LogP contribution in [0.5, 0.6) is 0 Å². The summed E-state index contributed by atoms with van der Waals surface area (Å²) in [6.45, 7) is 0. The second-order valence-corrected chi connectivity index (χ2v) is 6.55. The van der Waals surface area contributed by atoms with Gasteiger partial charge in [0.1, 0.15) is 6.04 Å². The lowest BCUT2D eigenvalue weighted by Crippen LogP contribution is -2.43. The average Bonchev–Trinajstić information content (AvgIpc) is 2.66. The molecule has 0 saturated carbocycles. The molecule has 1 atom stereocenters. The molecular formula is C19H14ClF6NO3. The number of amides is 1. The summed E-state index contributed by atoms with van der Waals surface area (Å²) in [5.74, 6) is -2.26. The van der Waals surface area contributed by atoms with E-state index in [-0.39, 0.29) is 29.6 Å². The van der Waals surface area contributed by atoms with Gasteiger partial charge in [-0.25, -0.2) is 4.79 Å². The molecule has 1 amide bonds. The van der Waals surface area contributed by atoms with E-state index in [0.29, 0.717) is 5.56 Å². The molecule has 0 aliphatic heterocycles. The minimum atomic E-state index is -5.12. The molecule has 0 aliphatic rings. The predicted octanol–water partition coefficient (Wildman–Crippen LogP) is 4.89. The monoisotopic (exact) mass is 453 g/mol. The first kappa shape index (κ1) is 23.5. The minimum Gasteiger partial charge on any atom is -0.467 e. The van der Waals surface area contributed by atoms with Crippen molar-refractivity contribution in [3.8, 4) is 0 Å². The Morgan fingerprint density at radius 3 is 2.00 bits per heavy atom. The zero-order valence-corrected chi connectivity index (χ0v) is 16.0. The molecule has 30 heavy (non-hydrogen) atoms. The van der Waals surface area contributed by atoms with E-state index in [0.717, 1.165) is 7.11 Å². The maximum Gasteiger partial charge on any atom is 0.416 e. The summed E-state index contributed by atoms with van der Waals surface area (Å²) >= 11 is 6.00. The number of rotatable bonds is 5. The van der Waals surface area contributed by atoms with Crippen molar-refractivity contribution in [3.63, 3.8) is 0 Å². The molecule has 0 heterocycles. The number of methoxy groups -OCH3 is 1. The Bertz CT molecular complexity index is 910. The standard InChI is InChI=1S/C19H14ClF6NO3/c1-30-17(29)15(8-10-4-2-3-5-14(10)20)27-16(28)11-6-12(18(21,22)23)9-13(7-11)19(24,25)26/h2-7,9,15H,8H2,1H3,(H,27,28)/t15-/m1/s1. The zero-order chi connectivity index (χ0) is 22.7. The fourth-order valence-corrected chi connectivity index (χ4v) is 2.76. The summed E-state index contributed by atoms with van der Waals surface area (Å²) in [6.07, 6.45) is -10.4. The van der Waals surface area contributed by atoms with Gasteiger partial charge in [0.25, 0.3) is 5.91 Å². The maximum atomic E-state index is 13.0. The summed E-state index contributed by atoms with van der Waals surface area (Å²) in [4.78, 5) is 24.4. The van der Waals surface area contributed by atoms with E-state index in [1.807, 2.05) is 0 Å². The zero-order valence-electron chi connectivity index (χ0n) is 15.2. The van der Waals surface area contributed by atoms with Gasteiger partial charge < -0.3 is 10.1 Å². The molecule has 0 fully saturated rings. The molecule has 162 valence electrons. The van der Waals surface area contributed by atoms with Crippen LogP contribution < -0.4 is 5.32 Å². The highest BCUT2D eigenvalue weighted by Crippen LogP contribution is 2.36. The lowest BCUT2D eigenvalue weighted by atomic mass is 10.0. The lowest BCUT2D eigenvalue weighted by Gasteiger charge is -2.19. The summed E-state index contributed by atoms with van der Waals surface area (Å²) < 4.78 is 82.5.